The summed E-state index contributed by atoms with van der Waals surface area (Å²) < 4.78 is 21.6. The van der Waals surface area contributed by atoms with Gasteiger partial charge < -0.3 is 18.9 Å². The van der Waals surface area contributed by atoms with E-state index in [1.54, 1.807) is 45.9 Å². The summed E-state index contributed by atoms with van der Waals surface area (Å²) >= 11 is 0. The topological polar surface area (TPSA) is 88.1 Å². The van der Waals surface area contributed by atoms with Crippen molar-refractivity contribution in [2.45, 2.75) is 34.1 Å². The summed E-state index contributed by atoms with van der Waals surface area (Å²) in [5, 5.41) is 0. The number of carbonyl (C=O) groups is 3. The third-order valence-corrected chi connectivity index (χ3v) is 6.77. The van der Waals surface area contributed by atoms with Crippen molar-refractivity contribution >= 4 is 29.6 Å². The average Bonchev–Trinajstić information content (AvgIpc) is 3.42. The predicted octanol–water partition coefficient (Wildman–Crippen LogP) is 9.18. The van der Waals surface area contributed by atoms with Crippen LogP contribution in [0.15, 0.2) is 174 Å². The number of rotatable bonds is 13. The van der Waals surface area contributed by atoms with Gasteiger partial charge in [0, 0.05) is 40.9 Å². The van der Waals surface area contributed by atoms with Crippen LogP contribution < -0.4 is 0 Å². The van der Waals surface area contributed by atoms with E-state index >= 15 is 0 Å². The first-order chi connectivity index (χ1) is 23.2. The van der Waals surface area contributed by atoms with Gasteiger partial charge in [-0.3, -0.25) is 0 Å². The smallest absolute Gasteiger partial charge is 0.338 e. The van der Waals surface area contributed by atoms with Crippen LogP contribution in [-0.2, 0) is 33.3 Å². The lowest BCUT2D eigenvalue weighted by Gasteiger charge is -2.08. The molecule has 1 aromatic rings. The fourth-order valence-electron chi connectivity index (χ4n) is 4.09. The molecule has 0 heterocycles. The maximum absolute atomic E-state index is 12.3. The van der Waals surface area contributed by atoms with Crippen LogP contribution in [0.1, 0.15) is 45.2 Å². The molecular formula is C42H40O7. The highest BCUT2D eigenvalue weighted by Gasteiger charge is 2.16. The Hall–Kier alpha value is -6.17. The Bertz CT molecular complexity index is 1900. The fraction of sp³-hybridized carbons (Fsp3) is 0.143. The summed E-state index contributed by atoms with van der Waals surface area (Å²) in [6, 6.07) is 7.87. The van der Waals surface area contributed by atoms with Crippen molar-refractivity contribution in [1.82, 2.24) is 0 Å². The molecular weight excluding hydrogens is 616 g/mol. The Morgan fingerprint density at radius 3 is 2.08 bits per heavy atom. The molecule has 3 rings (SSSR count). The molecule has 0 atom stereocenters. The molecule has 0 N–H and O–H groups in total. The molecule has 2 aliphatic rings. The van der Waals surface area contributed by atoms with Crippen molar-refractivity contribution in [2.75, 3.05) is 7.11 Å². The number of benzene rings is 1. The Balaban J connectivity index is 1.72. The molecule has 0 aromatic heterocycles. The van der Waals surface area contributed by atoms with Gasteiger partial charge in [-0.1, -0.05) is 74.9 Å². The van der Waals surface area contributed by atoms with Crippen LogP contribution in [-0.4, -0.2) is 25.0 Å². The van der Waals surface area contributed by atoms with Crippen molar-refractivity contribution in [2.24, 2.45) is 0 Å². The number of methoxy groups -OCH3 is 1. The molecule has 0 radical (unpaired) electrons. The first-order valence-corrected chi connectivity index (χ1v) is 15.3. The quantitative estimate of drug-likeness (QED) is 0.0522. The third-order valence-electron chi connectivity index (χ3n) is 6.77. The van der Waals surface area contributed by atoms with E-state index in [-0.39, 0.29) is 16.9 Å². The van der Waals surface area contributed by atoms with Gasteiger partial charge in [-0.05, 0) is 85.9 Å². The zero-order valence-corrected chi connectivity index (χ0v) is 28.6. The maximum atomic E-state index is 12.3. The van der Waals surface area contributed by atoms with E-state index in [9.17, 15) is 14.4 Å². The Labute approximate surface area is 288 Å². The normalized spacial score (nSPS) is 14.6. The zero-order chi connectivity index (χ0) is 36.1. The Morgan fingerprint density at radius 1 is 0.796 bits per heavy atom. The summed E-state index contributed by atoms with van der Waals surface area (Å²) in [6.07, 6.45) is 20.4. The van der Waals surface area contributed by atoms with Crippen LogP contribution in [0.3, 0.4) is 0 Å². The van der Waals surface area contributed by atoms with Crippen LogP contribution in [0.2, 0.25) is 0 Å². The standard InChI is InChI=1S/C42H40O7/c1-27(2)40(43)47-31(8)24-38(46-9)23-30(7)34-12-10-11-32(15-18-34)13-14-33-16-19-35(20-17-33)36-21-22-37(48-41(44)28(3)4)26-39(25-36)49-42(45)29(5)6/h10-11,13-21,23-26H,1,3,5,7,22H2,2,4,6,8-9H3/b14-13+,31-24+,38-23+. The molecule has 0 saturated carbocycles. The number of hydrogen-bond acceptors (Lipinski definition) is 7. The van der Waals surface area contributed by atoms with E-state index in [1.165, 1.54) is 13.2 Å². The highest BCUT2D eigenvalue weighted by molar-refractivity contribution is 5.89. The first-order valence-electron chi connectivity index (χ1n) is 15.3. The van der Waals surface area contributed by atoms with Crippen molar-refractivity contribution in [3.8, 4) is 0 Å². The molecule has 250 valence electrons. The number of allylic oxidation sites excluding steroid dienone is 14. The van der Waals surface area contributed by atoms with E-state index in [1.807, 2.05) is 66.8 Å². The first kappa shape index (κ1) is 37.3. The molecule has 2 aliphatic carbocycles. The lowest BCUT2D eigenvalue weighted by Crippen LogP contribution is -2.07. The van der Waals surface area contributed by atoms with Gasteiger partial charge in [0.15, 0.2) is 0 Å². The van der Waals surface area contributed by atoms with Gasteiger partial charge in [0.1, 0.15) is 23.0 Å². The molecule has 7 nitrogen and oxygen atoms in total. The van der Waals surface area contributed by atoms with E-state index in [0.29, 0.717) is 34.8 Å². The van der Waals surface area contributed by atoms with E-state index in [2.05, 4.69) is 32.0 Å². The van der Waals surface area contributed by atoms with Gasteiger partial charge in [-0.15, -0.1) is 5.73 Å². The van der Waals surface area contributed by atoms with Crippen LogP contribution in [0, 0.1) is 0 Å². The molecule has 0 saturated heterocycles. The molecule has 0 aliphatic heterocycles. The fourth-order valence-corrected chi connectivity index (χ4v) is 4.09. The Morgan fingerprint density at radius 2 is 1.45 bits per heavy atom. The van der Waals surface area contributed by atoms with Gasteiger partial charge in [0.05, 0.1) is 7.11 Å². The van der Waals surface area contributed by atoms with Gasteiger partial charge in [-0.25, -0.2) is 14.4 Å². The molecule has 0 unspecified atom stereocenters. The minimum atomic E-state index is -0.583. The van der Waals surface area contributed by atoms with Crippen LogP contribution in [0.4, 0.5) is 0 Å². The minimum absolute atomic E-state index is 0.227. The summed E-state index contributed by atoms with van der Waals surface area (Å²) in [5.74, 6) is -0.274. The number of ether oxygens (including phenoxy) is 4. The van der Waals surface area contributed by atoms with Gasteiger partial charge in [0.2, 0.25) is 0 Å². The second kappa shape index (κ2) is 17.7. The second-order valence-electron chi connectivity index (χ2n) is 11.2. The van der Waals surface area contributed by atoms with Crippen molar-refractivity contribution < 1.29 is 33.3 Å². The highest BCUT2D eigenvalue weighted by atomic mass is 16.6. The summed E-state index contributed by atoms with van der Waals surface area (Å²) in [7, 11) is 1.52. The Kier molecular flexibility index (Phi) is 13.4. The number of esters is 3. The predicted molar refractivity (Wildman–Crippen MR) is 194 cm³/mol. The van der Waals surface area contributed by atoms with Crippen molar-refractivity contribution in [3.05, 3.63) is 185 Å². The molecule has 7 heteroatoms. The second-order valence-corrected chi connectivity index (χ2v) is 11.2. The SMILES string of the molecule is C=C(C)C(=O)OC1=CC(c2ccc(/C=C/C3=CC=C=C(C(=C)/C=C(\C=C(/C)OC(=O)C(=C)C)OC)C=C3)cc2)=CCC(OC(=O)C(=C)C)=C1. The van der Waals surface area contributed by atoms with Crippen LogP contribution in [0.5, 0.6) is 0 Å². The molecule has 49 heavy (non-hydrogen) atoms. The summed E-state index contributed by atoms with van der Waals surface area (Å²) in [5.41, 5.74) is 9.02. The molecule has 0 bridgehead atoms. The lowest BCUT2D eigenvalue weighted by molar-refractivity contribution is -0.136. The summed E-state index contributed by atoms with van der Waals surface area (Å²) in [4.78, 5) is 36.2. The van der Waals surface area contributed by atoms with Crippen molar-refractivity contribution in [1.29, 1.82) is 0 Å². The van der Waals surface area contributed by atoms with E-state index in [4.69, 9.17) is 18.9 Å². The molecule has 0 fully saturated rings. The van der Waals surface area contributed by atoms with Crippen molar-refractivity contribution in [3.63, 3.8) is 0 Å². The van der Waals surface area contributed by atoms with Gasteiger partial charge in [-0.2, -0.15) is 0 Å². The molecule has 1 aromatic carbocycles. The lowest BCUT2D eigenvalue weighted by atomic mass is 10.0. The number of carbonyl (C=O) groups excluding carboxylic acids is 3. The average molecular weight is 657 g/mol. The monoisotopic (exact) mass is 656 g/mol. The molecule has 0 amide bonds. The third kappa shape index (κ3) is 11.9. The largest absolute Gasteiger partial charge is 0.497 e. The summed E-state index contributed by atoms with van der Waals surface area (Å²) in [6.45, 7) is 21.3. The number of hydrogen-bond donors (Lipinski definition) is 0. The van der Waals surface area contributed by atoms with Gasteiger partial charge >= 0.3 is 17.9 Å². The van der Waals surface area contributed by atoms with E-state index in [0.717, 1.165) is 27.8 Å². The maximum Gasteiger partial charge on any atom is 0.338 e. The van der Waals surface area contributed by atoms with Crippen LogP contribution in [0.25, 0.3) is 11.6 Å². The van der Waals surface area contributed by atoms with E-state index < -0.39 is 17.9 Å². The molecule has 0 spiro atoms. The highest BCUT2D eigenvalue weighted by Crippen LogP contribution is 2.27. The minimum Gasteiger partial charge on any atom is -0.497 e. The zero-order valence-electron chi connectivity index (χ0n) is 28.6. The van der Waals surface area contributed by atoms with Gasteiger partial charge in [0.25, 0.3) is 0 Å². The van der Waals surface area contributed by atoms with Crippen LogP contribution >= 0.6 is 0 Å².